The van der Waals surface area contributed by atoms with E-state index in [2.05, 4.69) is 37.0 Å². The molecule has 0 radical (unpaired) electrons. The van der Waals surface area contributed by atoms with Crippen molar-refractivity contribution in [1.82, 2.24) is 15.0 Å². The molecule has 1 heterocycles. The molecular formula is C35H45N5. The van der Waals surface area contributed by atoms with Gasteiger partial charge in [-0.15, -0.1) is 0 Å². The predicted molar refractivity (Wildman–Crippen MR) is 161 cm³/mol. The molecule has 0 saturated heterocycles. The highest BCUT2D eigenvalue weighted by Crippen LogP contribution is 2.62. The van der Waals surface area contributed by atoms with Crippen LogP contribution in [0.1, 0.15) is 101 Å². The number of rotatable bonds is 6. The third-order valence-electron chi connectivity index (χ3n) is 12.0. The van der Waals surface area contributed by atoms with E-state index in [1.54, 1.807) is 0 Å². The quantitative estimate of drug-likeness (QED) is 0.354. The van der Waals surface area contributed by atoms with Crippen molar-refractivity contribution in [3.8, 4) is 11.4 Å². The van der Waals surface area contributed by atoms with Gasteiger partial charge in [-0.05, 0) is 131 Å². The van der Waals surface area contributed by atoms with E-state index < -0.39 is 0 Å². The molecule has 0 spiro atoms. The van der Waals surface area contributed by atoms with Gasteiger partial charge in [0.25, 0.3) is 0 Å². The third-order valence-corrected chi connectivity index (χ3v) is 12.0. The summed E-state index contributed by atoms with van der Waals surface area (Å²) in [6.45, 7) is 4.27. The molecule has 8 saturated carbocycles. The average molecular weight is 536 g/mol. The van der Waals surface area contributed by atoms with Gasteiger partial charge >= 0.3 is 0 Å². The molecule has 1 aromatic heterocycles. The van der Waals surface area contributed by atoms with Crippen LogP contribution in [-0.2, 0) is 10.8 Å². The molecule has 8 fully saturated rings. The monoisotopic (exact) mass is 535 g/mol. The van der Waals surface area contributed by atoms with Crippen LogP contribution in [0.15, 0.2) is 28.2 Å². The highest BCUT2D eigenvalue weighted by Gasteiger charge is 2.56. The lowest BCUT2D eigenvalue weighted by molar-refractivity contribution is -0.0155. The first kappa shape index (κ1) is 25.3. The van der Waals surface area contributed by atoms with Gasteiger partial charge < -0.3 is 4.99 Å². The smallest absolute Gasteiger partial charge is 0.163 e. The van der Waals surface area contributed by atoms with Gasteiger partial charge in [0.2, 0.25) is 0 Å². The summed E-state index contributed by atoms with van der Waals surface area (Å²) in [4.78, 5) is 25.5. The molecule has 1 aromatic carbocycles. The van der Waals surface area contributed by atoms with Crippen molar-refractivity contribution in [1.29, 1.82) is 0 Å². The fourth-order valence-electron chi connectivity index (χ4n) is 11.1. The highest BCUT2D eigenvalue weighted by molar-refractivity contribution is 5.84. The molecule has 5 heteroatoms. The first-order valence-electron chi connectivity index (χ1n) is 16.2. The minimum absolute atomic E-state index is 0.171. The standard InChI is InChI=1S/C35H45N5/c1-21(19-36-3)20-37-30-12-29(5-4-22(30)2)31-38-32(34-13-23-6-24(14-34)8-25(7-23)15-34)40-33(39-31)35-16-26-9-27(17-35)11-28(10-26)18-35/h4-5,12,19-21,23-28H,6-11,13-18H2,1-3H3. The van der Waals surface area contributed by atoms with Crippen LogP contribution in [0.25, 0.3) is 11.4 Å². The van der Waals surface area contributed by atoms with Crippen LogP contribution in [0, 0.1) is 48.3 Å². The van der Waals surface area contributed by atoms with Crippen LogP contribution in [0.2, 0.25) is 0 Å². The summed E-state index contributed by atoms with van der Waals surface area (Å²) in [7, 11) is 1.82. The lowest BCUT2D eigenvalue weighted by atomic mass is 9.49. The second-order valence-electron chi connectivity index (χ2n) is 15.2. The van der Waals surface area contributed by atoms with Crippen LogP contribution in [0.3, 0.4) is 0 Å². The molecule has 210 valence electrons. The summed E-state index contributed by atoms with van der Waals surface area (Å²) in [5.74, 6) is 8.67. The Hall–Kier alpha value is -2.43. The van der Waals surface area contributed by atoms with E-state index in [9.17, 15) is 0 Å². The van der Waals surface area contributed by atoms with Crippen molar-refractivity contribution in [2.45, 2.75) is 102 Å². The molecular weight excluding hydrogens is 490 g/mol. The van der Waals surface area contributed by atoms with E-state index in [-0.39, 0.29) is 16.7 Å². The lowest BCUT2D eigenvalue weighted by Gasteiger charge is -2.57. The van der Waals surface area contributed by atoms with Crippen molar-refractivity contribution in [2.24, 2.45) is 51.4 Å². The van der Waals surface area contributed by atoms with E-state index in [4.69, 9.17) is 19.9 Å². The maximum atomic E-state index is 5.59. The Morgan fingerprint density at radius 3 is 1.65 bits per heavy atom. The second kappa shape index (κ2) is 9.29. The van der Waals surface area contributed by atoms with Gasteiger partial charge in [0.1, 0.15) is 11.6 Å². The van der Waals surface area contributed by atoms with E-state index >= 15 is 0 Å². The fraction of sp³-hybridized carbons (Fsp3) is 0.686. The Kier molecular flexibility index (Phi) is 5.87. The first-order valence-corrected chi connectivity index (χ1v) is 16.2. The Balaban J connectivity index is 1.24. The third kappa shape index (κ3) is 4.20. The fourth-order valence-corrected chi connectivity index (χ4v) is 11.1. The summed E-state index contributed by atoms with van der Waals surface area (Å²) in [6.07, 6.45) is 20.4. The second-order valence-corrected chi connectivity index (χ2v) is 15.2. The van der Waals surface area contributed by atoms with Crippen LogP contribution in [0.5, 0.6) is 0 Å². The molecule has 2 aromatic rings. The largest absolute Gasteiger partial charge is 0.300 e. The summed E-state index contributed by atoms with van der Waals surface area (Å²) >= 11 is 0. The Labute approximate surface area is 239 Å². The van der Waals surface area contributed by atoms with Gasteiger partial charge in [0.05, 0.1) is 5.69 Å². The van der Waals surface area contributed by atoms with Crippen molar-refractivity contribution in [3.63, 3.8) is 0 Å². The minimum atomic E-state index is 0.171. The molecule has 1 unspecified atom stereocenters. The molecule has 8 aliphatic rings. The van der Waals surface area contributed by atoms with E-state index in [0.29, 0.717) is 0 Å². The zero-order valence-electron chi connectivity index (χ0n) is 24.6. The minimum Gasteiger partial charge on any atom is -0.300 e. The van der Waals surface area contributed by atoms with E-state index in [0.717, 1.165) is 64.2 Å². The zero-order chi connectivity index (χ0) is 27.1. The highest BCUT2D eigenvalue weighted by atomic mass is 15.1. The van der Waals surface area contributed by atoms with E-state index in [1.807, 2.05) is 19.5 Å². The van der Waals surface area contributed by atoms with Gasteiger partial charge in [-0.2, -0.15) is 0 Å². The first-order chi connectivity index (χ1) is 19.4. The summed E-state index contributed by atoms with van der Waals surface area (Å²) in [5, 5.41) is 0. The maximum Gasteiger partial charge on any atom is 0.163 e. The number of hydrogen-bond donors (Lipinski definition) is 0. The maximum absolute atomic E-state index is 5.59. The van der Waals surface area contributed by atoms with Crippen LogP contribution in [0.4, 0.5) is 5.69 Å². The molecule has 8 bridgehead atoms. The molecule has 40 heavy (non-hydrogen) atoms. The summed E-state index contributed by atoms with van der Waals surface area (Å²) in [6, 6.07) is 6.62. The average Bonchev–Trinajstić information content (AvgIpc) is 2.91. The molecule has 1 atom stereocenters. The molecule has 10 rings (SSSR count). The van der Waals surface area contributed by atoms with Crippen molar-refractivity contribution >= 4 is 18.1 Å². The zero-order valence-corrected chi connectivity index (χ0v) is 24.6. The summed E-state index contributed by atoms with van der Waals surface area (Å²) in [5.41, 5.74) is 3.61. The molecule has 0 aliphatic heterocycles. The number of aromatic nitrogens is 3. The Morgan fingerprint density at radius 1 is 0.725 bits per heavy atom. The van der Waals surface area contributed by atoms with Gasteiger partial charge in [0.15, 0.2) is 5.82 Å². The van der Waals surface area contributed by atoms with E-state index in [1.165, 1.54) is 82.6 Å². The van der Waals surface area contributed by atoms with Gasteiger partial charge in [-0.1, -0.05) is 19.1 Å². The number of aryl methyl sites for hydroxylation is 1. The topological polar surface area (TPSA) is 63.4 Å². The molecule has 0 amide bonds. The van der Waals surface area contributed by atoms with Crippen molar-refractivity contribution in [3.05, 3.63) is 35.4 Å². The van der Waals surface area contributed by atoms with Crippen LogP contribution in [-0.4, -0.2) is 34.4 Å². The summed E-state index contributed by atoms with van der Waals surface area (Å²) < 4.78 is 0. The number of nitrogens with zero attached hydrogens (tertiary/aromatic N) is 5. The Morgan fingerprint density at radius 2 is 1.20 bits per heavy atom. The Bertz CT molecular complexity index is 1240. The van der Waals surface area contributed by atoms with Crippen molar-refractivity contribution < 1.29 is 0 Å². The molecule has 5 nitrogen and oxygen atoms in total. The lowest BCUT2D eigenvalue weighted by Crippen LogP contribution is -2.51. The van der Waals surface area contributed by atoms with Gasteiger partial charge in [-0.3, -0.25) is 4.99 Å². The van der Waals surface area contributed by atoms with Crippen molar-refractivity contribution in [2.75, 3.05) is 7.05 Å². The van der Waals surface area contributed by atoms with Crippen LogP contribution >= 0.6 is 0 Å². The number of benzene rings is 1. The number of aliphatic imine (C=N–C) groups is 2. The SMILES string of the molecule is CN=CC(C)C=Nc1cc(-c2nc(C34CC5CC(CC(C5)C3)C4)nc(C34CC5CC(CC(C5)C3)C4)n2)ccc1C. The normalized spacial score (nSPS) is 40.1. The number of hydrogen-bond acceptors (Lipinski definition) is 5. The molecule has 0 N–H and O–H groups in total. The molecule has 8 aliphatic carbocycles. The van der Waals surface area contributed by atoms with Crippen LogP contribution < -0.4 is 0 Å². The van der Waals surface area contributed by atoms with Gasteiger partial charge in [0, 0.05) is 41.8 Å². The van der Waals surface area contributed by atoms with Gasteiger partial charge in [-0.25, -0.2) is 15.0 Å². The predicted octanol–water partition coefficient (Wildman–Crippen LogP) is 7.82.